The smallest absolute Gasteiger partial charge is 0.326 e. The summed E-state index contributed by atoms with van der Waals surface area (Å²) < 4.78 is 5.18. The maximum absolute atomic E-state index is 11.7. The van der Waals surface area contributed by atoms with E-state index in [0.717, 1.165) is 6.42 Å². The Morgan fingerprint density at radius 1 is 1.59 bits per heavy atom. The SMILES string of the molecule is C#CCCC[C@H](NC(=O)[C@@H]1CCCO1)C(=O)O. The lowest BCUT2D eigenvalue weighted by Crippen LogP contribution is -2.45. The van der Waals surface area contributed by atoms with Crippen LogP contribution in [0.5, 0.6) is 0 Å². The van der Waals surface area contributed by atoms with Crippen LogP contribution in [0.1, 0.15) is 32.1 Å². The fourth-order valence-corrected chi connectivity index (χ4v) is 1.71. The van der Waals surface area contributed by atoms with Crippen LogP contribution in [-0.4, -0.2) is 35.7 Å². The second-order valence-electron chi connectivity index (χ2n) is 4.00. The van der Waals surface area contributed by atoms with E-state index in [1.54, 1.807) is 0 Å². The number of terminal acetylenes is 1. The van der Waals surface area contributed by atoms with Gasteiger partial charge in [0.05, 0.1) is 0 Å². The summed E-state index contributed by atoms with van der Waals surface area (Å²) in [5, 5.41) is 11.4. The molecule has 2 N–H and O–H groups in total. The van der Waals surface area contributed by atoms with Gasteiger partial charge in [-0.2, -0.15) is 0 Å². The first-order valence-electron chi connectivity index (χ1n) is 5.73. The van der Waals surface area contributed by atoms with E-state index in [-0.39, 0.29) is 5.91 Å². The summed E-state index contributed by atoms with van der Waals surface area (Å²) in [5.41, 5.74) is 0. The largest absolute Gasteiger partial charge is 0.480 e. The highest BCUT2D eigenvalue weighted by atomic mass is 16.5. The molecular formula is C12H17NO4. The third kappa shape index (κ3) is 4.45. The monoisotopic (exact) mass is 239 g/mol. The number of rotatable bonds is 6. The van der Waals surface area contributed by atoms with E-state index in [4.69, 9.17) is 16.3 Å². The Morgan fingerprint density at radius 3 is 2.88 bits per heavy atom. The molecular weight excluding hydrogens is 222 g/mol. The minimum absolute atomic E-state index is 0.337. The number of ether oxygens (including phenoxy) is 1. The van der Waals surface area contributed by atoms with Gasteiger partial charge in [0.2, 0.25) is 5.91 Å². The van der Waals surface area contributed by atoms with Crippen molar-refractivity contribution in [3.63, 3.8) is 0 Å². The molecule has 2 atom stereocenters. The van der Waals surface area contributed by atoms with Crippen LogP contribution in [0, 0.1) is 12.3 Å². The fourth-order valence-electron chi connectivity index (χ4n) is 1.71. The third-order valence-electron chi connectivity index (χ3n) is 2.65. The van der Waals surface area contributed by atoms with Crippen molar-refractivity contribution < 1.29 is 19.4 Å². The lowest BCUT2D eigenvalue weighted by molar-refractivity contribution is -0.143. The Balaban J connectivity index is 2.40. The molecule has 0 aliphatic carbocycles. The Kier molecular flexibility index (Phi) is 5.50. The van der Waals surface area contributed by atoms with Crippen LogP contribution in [0.15, 0.2) is 0 Å². The molecule has 0 saturated carbocycles. The van der Waals surface area contributed by atoms with Crippen LogP contribution in [0.3, 0.4) is 0 Å². The van der Waals surface area contributed by atoms with E-state index < -0.39 is 18.1 Å². The number of hydrogen-bond donors (Lipinski definition) is 2. The second kappa shape index (κ2) is 6.92. The fraction of sp³-hybridized carbons (Fsp3) is 0.667. The minimum Gasteiger partial charge on any atom is -0.480 e. The van der Waals surface area contributed by atoms with Crippen molar-refractivity contribution >= 4 is 11.9 Å². The normalized spacial score (nSPS) is 20.5. The molecule has 1 fully saturated rings. The van der Waals surface area contributed by atoms with E-state index >= 15 is 0 Å². The number of carbonyl (C=O) groups is 2. The van der Waals surface area contributed by atoms with Crippen molar-refractivity contribution in [3.05, 3.63) is 0 Å². The molecule has 0 unspecified atom stereocenters. The number of carbonyl (C=O) groups excluding carboxylic acids is 1. The third-order valence-corrected chi connectivity index (χ3v) is 2.65. The highest BCUT2D eigenvalue weighted by Crippen LogP contribution is 2.12. The van der Waals surface area contributed by atoms with E-state index in [0.29, 0.717) is 32.3 Å². The predicted octanol–water partition coefficient (Wildman–Crippen LogP) is 0.538. The summed E-state index contributed by atoms with van der Waals surface area (Å²) in [6.45, 7) is 0.562. The summed E-state index contributed by atoms with van der Waals surface area (Å²) in [4.78, 5) is 22.6. The molecule has 0 aromatic carbocycles. The Labute approximate surface area is 101 Å². The Bertz CT molecular complexity index is 315. The number of aliphatic carboxylic acids is 1. The Hall–Kier alpha value is -1.54. The molecule has 1 amide bonds. The van der Waals surface area contributed by atoms with Gasteiger partial charge in [-0.15, -0.1) is 12.3 Å². The van der Waals surface area contributed by atoms with Gasteiger partial charge in [0.15, 0.2) is 0 Å². The molecule has 0 radical (unpaired) electrons. The first kappa shape index (κ1) is 13.5. The summed E-state index contributed by atoms with van der Waals surface area (Å²) in [7, 11) is 0. The highest BCUT2D eigenvalue weighted by molar-refractivity contribution is 5.86. The van der Waals surface area contributed by atoms with Gasteiger partial charge in [0.1, 0.15) is 12.1 Å². The molecule has 5 heteroatoms. The Morgan fingerprint density at radius 2 is 2.35 bits per heavy atom. The number of hydrogen-bond acceptors (Lipinski definition) is 3. The van der Waals surface area contributed by atoms with Crippen LogP contribution < -0.4 is 5.32 Å². The van der Waals surface area contributed by atoms with Gasteiger partial charge >= 0.3 is 5.97 Å². The van der Waals surface area contributed by atoms with Crippen LogP contribution in [-0.2, 0) is 14.3 Å². The second-order valence-corrected chi connectivity index (χ2v) is 4.00. The first-order chi connectivity index (χ1) is 8.15. The molecule has 0 aromatic heterocycles. The van der Waals surface area contributed by atoms with Gasteiger partial charge in [-0.3, -0.25) is 4.79 Å². The van der Waals surface area contributed by atoms with Crippen molar-refractivity contribution in [1.82, 2.24) is 5.32 Å². The first-order valence-corrected chi connectivity index (χ1v) is 5.73. The van der Waals surface area contributed by atoms with Crippen LogP contribution in [0.4, 0.5) is 0 Å². The van der Waals surface area contributed by atoms with Crippen molar-refractivity contribution in [2.75, 3.05) is 6.61 Å². The van der Waals surface area contributed by atoms with Gasteiger partial charge < -0.3 is 15.2 Å². The van der Waals surface area contributed by atoms with E-state index in [1.165, 1.54) is 0 Å². The highest BCUT2D eigenvalue weighted by Gasteiger charge is 2.27. The average Bonchev–Trinajstić information content (AvgIpc) is 2.81. The van der Waals surface area contributed by atoms with Gasteiger partial charge in [-0.25, -0.2) is 4.79 Å². The molecule has 0 bridgehead atoms. The number of amides is 1. The van der Waals surface area contributed by atoms with Crippen LogP contribution in [0.25, 0.3) is 0 Å². The molecule has 94 valence electrons. The molecule has 1 aliphatic rings. The molecule has 17 heavy (non-hydrogen) atoms. The summed E-state index contributed by atoms with van der Waals surface area (Å²) >= 11 is 0. The van der Waals surface area contributed by atoms with E-state index in [2.05, 4.69) is 11.2 Å². The van der Waals surface area contributed by atoms with Gasteiger partial charge in [0, 0.05) is 13.0 Å². The lowest BCUT2D eigenvalue weighted by atomic mass is 10.1. The van der Waals surface area contributed by atoms with Crippen molar-refractivity contribution in [2.24, 2.45) is 0 Å². The number of carboxylic acid groups (broad SMARTS) is 1. The number of carboxylic acids is 1. The van der Waals surface area contributed by atoms with Crippen molar-refractivity contribution in [2.45, 2.75) is 44.2 Å². The molecule has 5 nitrogen and oxygen atoms in total. The number of unbranched alkanes of at least 4 members (excludes halogenated alkanes) is 1. The summed E-state index contributed by atoms with van der Waals surface area (Å²) in [5.74, 6) is 1.07. The zero-order valence-electron chi connectivity index (χ0n) is 9.65. The quantitative estimate of drug-likeness (QED) is 0.524. The van der Waals surface area contributed by atoms with E-state index in [9.17, 15) is 9.59 Å². The van der Waals surface area contributed by atoms with Crippen LogP contribution >= 0.6 is 0 Å². The maximum Gasteiger partial charge on any atom is 0.326 e. The average molecular weight is 239 g/mol. The standard InChI is InChI=1S/C12H17NO4/c1-2-3-4-6-9(12(15)16)13-11(14)10-7-5-8-17-10/h1,9-10H,3-8H2,(H,13,14)(H,15,16)/t9-,10-/m0/s1. The maximum atomic E-state index is 11.7. The predicted molar refractivity (Wildman–Crippen MR) is 61.2 cm³/mol. The zero-order valence-corrected chi connectivity index (χ0v) is 9.65. The van der Waals surface area contributed by atoms with Gasteiger partial charge in [0.25, 0.3) is 0 Å². The summed E-state index contributed by atoms with van der Waals surface area (Å²) in [6.07, 6.45) is 7.53. The van der Waals surface area contributed by atoms with Gasteiger partial charge in [-0.05, 0) is 25.7 Å². The summed E-state index contributed by atoms with van der Waals surface area (Å²) in [6, 6.07) is -0.875. The van der Waals surface area contributed by atoms with Crippen molar-refractivity contribution in [3.8, 4) is 12.3 Å². The topological polar surface area (TPSA) is 75.6 Å². The lowest BCUT2D eigenvalue weighted by Gasteiger charge is -2.16. The molecule has 1 rings (SSSR count). The van der Waals surface area contributed by atoms with Gasteiger partial charge in [-0.1, -0.05) is 0 Å². The number of nitrogens with one attached hydrogen (secondary N) is 1. The molecule has 0 aromatic rings. The van der Waals surface area contributed by atoms with E-state index in [1.807, 2.05) is 0 Å². The van der Waals surface area contributed by atoms with Crippen molar-refractivity contribution in [1.29, 1.82) is 0 Å². The minimum atomic E-state index is -1.03. The zero-order chi connectivity index (χ0) is 12.7. The molecule has 1 saturated heterocycles. The molecule has 1 aliphatic heterocycles. The molecule has 1 heterocycles. The molecule has 0 spiro atoms. The van der Waals surface area contributed by atoms with Crippen LogP contribution in [0.2, 0.25) is 0 Å².